The summed E-state index contributed by atoms with van der Waals surface area (Å²) < 4.78 is 7.05. The molecule has 2 heteroatoms. The van der Waals surface area contributed by atoms with Gasteiger partial charge < -0.3 is 4.42 Å². The Morgan fingerprint density at radius 1 is 1.40 bits per heavy atom. The van der Waals surface area contributed by atoms with Crippen LogP contribution in [0.5, 0.6) is 0 Å². The summed E-state index contributed by atoms with van der Waals surface area (Å²) in [5, 5.41) is 1.28. The molecule has 0 saturated carbocycles. The Hall–Kier alpha value is -0.770. The van der Waals surface area contributed by atoms with Gasteiger partial charge in [-0.15, -0.1) is 0 Å². The number of fused-ring (bicyclic) bond motifs is 3. The molecule has 1 heterocycles. The van der Waals surface area contributed by atoms with E-state index in [0.717, 1.165) is 17.8 Å². The molecule has 1 aliphatic carbocycles. The first-order chi connectivity index (χ1) is 7.24. The molecule has 0 radical (unpaired) electrons. The van der Waals surface area contributed by atoms with Gasteiger partial charge >= 0.3 is 0 Å². The van der Waals surface area contributed by atoms with Crippen molar-refractivity contribution in [1.82, 2.24) is 0 Å². The first-order valence-electron chi connectivity index (χ1n) is 5.13. The highest BCUT2D eigenvalue weighted by Crippen LogP contribution is 2.33. The van der Waals surface area contributed by atoms with Crippen LogP contribution < -0.4 is 0 Å². The number of allylic oxidation sites excluding steroid dienone is 1. The van der Waals surface area contributed by atoms with Gasteiger partial charge in [-0.05, 0) is 59.2 Å². The third kappa shape index (κ3) is 1.51. The van der Waals surface area contributed by atoms with Crippen molar-refractivity contribution < 1.29 is 4.42 Å². The lowest BCUT2D eigenvalue weighted by Gasteiger charge is -2.10. The van der Waals surface area contributed by atoms with Crippen molar-refractivity contribution in [1.29, 1.82) is 0 Å². The van der Waals surface area contributed by atoms with Gasteiger partial charge in [0.15, 0.2) is 0 Å². The molecule has 3 rings (SSSR count). The van der Waals surface area contributed by atoms with Gasteiger partial charge in [0.05, 0.1) is 0 Å². The predicted octanol–water partition coefficient (Wildman–Crippen LogP) is 4.24. The molecule has 0 fully saturated rings. The van der Waals surface area contributed by atoms with Crippen molar-refractivity contribution in [3.8, 4) is 0 Å². The lowest BCUT2D eigenvalue weighted by molar-refractivity contribution is 0.584. The van der Waals surface area contributed by atoms with Gasteiger partial charge in [-0.2, -0.15) is 0 Å². The molecule has 76 valence electrons. The lowest BCUT2D eigenvalue weighted by atomic mass is 9.93. The van der Waals surface area contributed by atoms with Crippen LogP contribution in [-0.2, 0) is 6.42 Å². The van der Waals surface area contributed by atoms with E-state index in [4.69, 9.17) is 4.42 Å². The largest absolute Gasteiger partial charge is 0.456 e. The van der Waals surface area contributed by atoms with Crippen molar-refractivity contribution in [3.63, 3.8) is 0 Å². The SMILES string of the molecule is CC1C=Cc2oc3cc(I)ccc3c2C1. The maximum atomic E-state index is 5.83. The Morgan fingerprint density at radius 3 is 3.13 bits per heavy atom. The van der Waals surface area contributed by atoms with Gasteiger partial charge in [-0.25, -0.2) is 0 Å². The smallest absolute Gasteiger partial charge is 0.136 e. The van der Waals surface area contributed by atoms with E-state index in [9.17, 15) is 0 Å². The predicted molar refractivity (Wildman–Crippen MR) is 70.8 cm³/mol. The summed E-state index contributed by atoms with van der Waals surface area (Å²) in [5.41, 5.74) is 2.39. The summed E-state index contributed by atoms with van der Waals surface area (Å²) >= 11 is 2.31. The van der Waals surface area contributed by atoms with Crippen LogP contribution in [0.2, 0.25) is 0 Å². The van der Waals surface area contributed by atoms with Crippen LogP contribution in [0.15, 0.2) is 28.7 Å². The summed E-state index contributed by atoms with van der Waals surface area (Å²) in [6.07, 6.45) is 5.42. The van der Waals surface area contributed by atoms with Crippen LogP contribution in [0.1, 0.15) is 18.2 Å². The minimum atomic E-state index is 0.623. The molecule has 0 amide bonds. The Bertz CT molecular complexity index is 551. The zero-order valence-electron chi connectivity index (χ0n) is 8.46. The van der Waals surface area contributed by atoms with Crippen molar-refractivity contribution in [3.05, 3.63) is 39.2 Å². The molecule has 0 saturated heterocycles. The number of rotatable bonds is 0. The van der Waals surface area contributed by atoms with Crippen LogP contribution in [0.25, 0.3) is 17.0 Å². The number of halogens is 1. The van der Waals surface area contributed by atoms with E-state index in [1.807, 2.05) is 0 Å². The van der Waals surface area contributed by atoms with Crippen molar-refractivity contribution in [2.24, 2.45) is 5.92 Å². The second kappa shape index (κ2) is 3.37. The molecule has 15 heavy (non-hydrogen) atoms. The second-order valence-corrected chi connectivity index (χ2v) is 5.37. The Labute approximate surface area is 102 Å². The molecule has 0 aliphatic heterocycles. The van der Waals surface area contributed by atoms with Crippen LogP contribution in [-0.4, -0.2) is 0 Å². The van der Waals surface area contributed by atoms with E-state index in [2.05, 4.69) is 59.9 Å². The van der Waals surface area contributed by atoms with Crippen LogP contribution >= 0.6 is 22.6 Å². The van der Waals surface area contributed by atoms with Crippen molar-refractivity contribution in [2.45, 2.75) is 13.3 Å². The van der Waals surface area contributed by atoms with E-state index < -0.39 is 0 Å². The first kappa shape index (κ1) is 9.46. The molecule has 1 aliphatic rings. The summed E-state index contributed by atoms with van der Waals surface area (Å²) in [6, 6.07) is 6.42. The molecule has 1 atom stereocenters. The van der Waals surface area contributed by atoms with E-state index in [-0.39, 0.29) is 0 Å². The third-order valence-corrected chi connectivity index (χ3v) is 3.56. The highest BCUT2D eigenvalue weighted by molar-refractivity contribution is 14.1. The van der Waals surface area contributed by atoms with Crippen molar-refractivity contribution >= 4 is 39.6 Å². The molecule has 2 aromatic rings. The Kier molecular flexibility index (Phi) is 2.12. The Morgan fingerprint density at radius 2 is 2.27 bits per heavy atom. The van der Waals surface area contributed by atoms with Crippen LogP contribution in [0.4, 0.5) is 0 Å². The molecule has 1 aromatic heterocycles. The summed E-state index contributed by atoms with van der Waals surface area (Å²) in [7, 11) is 0. The highest BCUT2D eigenvalue weighted by Gasteiger charge is 2.17. The lowest BCUT2D eigenvalue weighted by Crippen LogP contribution is -2.00. The molecule has 1 aromatic carbocycles. The minimum Gasteiger partial charge on any atom is -0.456 e. The zero-order valence-corrected chi connectivity index (χ0v) is 10.6. The fourth-order valence-corrected chi connectivity index (χ4v) is 2.59. The normalized spacial score (nSPS) is 19.5. The maximum absolute atomic E-state index is 5.83. The highest BCUT2D eigenvalue weighted by atomic mass is 127. The van der Waals surface area contributed by atoms with E-state index in [0.29, 0.717) is 5.92 Å². The average Bonchev–Trinajstić information content (AvgIpc) is 2.54. The van der Waals surface area contributed by atoms with Gasteiger partial charge in [-0.3, -0.25) is 0 Å². The average molecular weight is 310 g/mol. The monoisotopic (exact) mass is 310 g/mol. The molecule has 0 bridgehead atoms. The van der Waals surface area contributed by atoms with Gasteiger partial charge in [-0.1, -0.05) is 13.0 Å². The Balaban J connectivity index is 2.30. The van der Waals surface area contributed by atoms with Gasteiger partial charge in [0.1, 0.15) is 11.3 Å². The quantitative estimate of drug-likeness (QED) is 0.663. The third-order valence-electron chi connectivity index (χ3n) is 2.89. The molecular formula is C13H11IO. The molecule has 1 nitrogen and oxygen atoms in total. The van der Waals surface area contributed by atoms with Gasteiger partial charge in [0.25, 0.3) is 0 Å². The molecular weight excluding hydrogens is 299 g/mol. The van der Waals surface area contributed by atoms with Gasteiger partial charge in [0, 0.05) is 14.5 Å². The van der Waals surface area contributed by atoms with Crippen molar-refractivity contribution in [2.75, 3.05) is 0 Å². The second-order valence-electron chi connectivity index (χ2n) is 4.13. The standard InChI is InChI=1S/C13H11IO/c1-8-2-5-12-11(6-8)10-4-3-9(14)7-13(10)15-12/h2-5,7-8H,6H2,1H3. The van der Waals surface area contributed by atoms with E-state index in [1.165, 1.54) is 14.5 Å². The van der Waals surface area contributed by atoms with Crippen LogP contribution in [0.3, 0.4) is 0 Å². The minimum absolute atomic E-state index is 0.623. The number of furan rings is 1. The summed E-state index contributed by atoms with van der Waals surface area (Å²) in [5.74, 6) is 1.67. The molecule has 0 N–H and O–H groups in total. The zero-order chi connectivity index (χ0) is 10.4. The van der Waals surface area contributed by atoms with E-state index in [1.54, 1.807) is 0 Å². The number of hydrogen-bond acceptors (Lipinski definition) is 1. The molecule has 0 spiro atoms. The summed E-state index contributed by atoms with van der Waals surface area (Å²) in [6.45, 7) is 2.24. The number of hydrogen-bond donors (Lipinski definition) is 0. The number of benzene rings is 1. The first-order valence-corrected chi connectivity index (χ1v) is 6.21. The fraction of sp³-hybridized carbons (Fsp3) is 0.231. The maximum Gasteiger partial charge on any atom is 0.136 e. The summed E-state index contributed by atoms with van der Waals surface area (Å²) in [4.78, 5) is 0. The molecule has 1 unspecified atom stereocenters. The van der Waals surface area contributed by atoms with Gasteiger partial charge in [0.2, 0.25) is 0 Å². The fourth-order valence-electron chi connectivity index (χ4n) is 2.13. The topological polar surface area (TPSA) is 13.1 Å². The van der Waals surface area contributed by atoms with Crippen LogP contribution in [0, 0.1) is 9.49 Å². The van der Waals surface area contributed by atoms with E-state index >= 15 is 0 Å².